The zero-order valence-corrected chi connectivity index (χ0v) is 12.9. The maximum Gasteiger partial charge on any atom is 0.298 e. The lowest BCUT2D eigenvalue weighted by atomic mass is 10.0. The van der Waals surface area contributed by atoms with Gasteiger partial charge in [0.1, 0.15) is 15.7 Å². The van der Waals surface area contributed by atoms with Crippen LogP contribution in [0.15, 0.2) is 41.3 Å². The third-order valence-corrected chi connectivity index (χ3v) is 4.13. The highest BCUT2D eigenvalue weighted by atomic mass is 35.5. The van der Waals surface area contributed by atoms with Crippen LogP contribution >= 0.6 is 11.6 Å². The fourth-order valence-electron chi connectivity index (χ4n) is 1.90. The van der Waals surface area contributed by atoms with Crippen LogP contribution in [0.3, 0.4) is 0 Å². The van der Waals surface area contributed by atoms with Crippen LogP contribution in [0.4, 0.5) is 0 Å². The number of ether oxygens (including phenoxy) is 1. The quantitative estimate of drug-likeness (QED) is 0.654. The number of methoxy groups -OCH3 is 1. The van der Waals surface area contributed by atoms with E-state index in [1.165, 1.54) is 12.1 Å². The fourth-order valence-corrected chi connectivity index (χ4v) is 2.92. The van der Waals surface area contributed by atoms with E-state index in [1.807, 2.05) is 0 Å². The van der Waals surface area contributed by atoms with Crippen LogP contribution in [-0.2, 0) is 10.1 Å². The summed E-state index contributed by atoms with van der Waals surface area (Å²) in [7, 11) is -3.58. The van der Waals surface area contributed by atoms with Gasteiger partial charge in [0.15, 0.2) is 11.5 Å². The van der Waals surface area contributed by atoms with Gasteiger partial charge in [-0.2, -0.15) is 8.42 Å². The number of rotatable bonds is 4. The second kappa shape index (κ2) is 5.96. The van der Waals surface area contributed by atoms with Crippen molar-refractivity contribution in [3.8, 4) is 11.5 Å². The molecule has 0 saturated carbocycles. The second-order valence-electron chi connectivity index (χ2n) is 4.29. The molecule has 8 heteroatoms. The first-order valence-electron chi connectivity index (χ1n) is 5.94. The Morgan fingerprint density at radius 2 is 1.82 bits per heavy atom. The number of phenolic OH excluding ortho intramolecular Hbond substituents is 1. The maximum atomic E-state index is 12.4. The van der Waals surface area contributed by atoms with Crippen LogP contribution in [-0.4, -0.2) is 31.0 Å². The summed E-state index contributed by atoms with van der Waals surface area (Å²) in [5, 5.41) is 9.55. The number of carbonyl (C=O) groups excluding carboxylic acids is 1. The molecule has 0 bridgehead atoms. The Morgan fingerprint density at radius 3 is 2.32 bits per heavy atom. The number of ketones is 1. The third-order valence-electron chi connectivity index (χ3n) is 2.92. The normalized spacial score (nSPS) is 11.2. The van der Waals surface area contributed by atoms with E-state index in [4.69, 9.17) is 16.3 Å². The first-order chi connectivity index (χ1) is 10.3. The Balaban J connectivity index is 2.73. The third kappa shape index (κ3) is 2.92. The van der Waals surface area contributed by atoms with Crippen LogP contribution in [0.2, 0.25) is 5.02 Å². The summed E-state index contributed by atoms with van der Waals surface area (Å²) < 4.78 is 36.8. The lowest BCUT2D eigenvalue weighted by molar-refractivity contribution is 0.103. The second-order valence-corrected chi connectivity index (χ2v) is 6.06. The molecule has 116 valence electrons. The van der Waals surface area contributed by atoms with Crippen molar-refractivity contribution in [2.45, 2.75) is 4.90 Å². The Bertz CT molecular complexity index is 830. The van der Waals surface area contributed by atoms with E-state index < -0.39 is 37.3 Å². The van der Waals surface area contributed by atoms with E-state index in [2.05, 4.69) is 0 Å². The Labute approximate surface area is 131 Å². The summed E-state index contributed by atoms with van der Waals surface area (Å²) in [6.45, 7) is 0. The minimum atomic E-state index is -4.70. The van der Waals surface area contributed by atoms with Crippen molar-refractivity contribution < 1.29 is 27.6 Å². The highest BCUT2D eigenvalue weighted by Crippen LogP contribution is 2.41. The smallest absolute Gasteiger partial charge is 0.298 e. The largest absolute Gasteiger partial charge is 0.505 e. The highest BCUT2D eigenvalue weighted by molar-refractivity contribution is 7.86. The summed E-state index contributed by atoms with van der Waals surface area (Å²) in [5.74, 6) is -1.71. The van der Waals surface area contributed by atoms with Gasteiger partial charge in [-0.05, 0) is 6.07 Å². The molecule has 0 radical (unpaired) electrons. The number of carbonyl (C=O) groups is 1. The molecule has 6 nitrogen and oxygen atoms in total. The predicted octanol–water partition coefficient (Wildman–Crippen LogP) is 2.53. The molecule has 0 aliphatic rings. The number of halogens is 1. The number of aromatic hydroxyl groups is 1. The van der Waals surface area contributed by atoms with E-state index in [0.717, 1.165) is 13.2 Å². The van der Waals surface area contributed by atoms with Crippen molar-refractivity contribution in [3.05, 3.63) is 52.5 Å². The molecular weight excluding hydrogens is 332 g/mol. The van der Waals surface area contributed by atoms with Gasteiger partial charge in [-0.15, -0.1) is 0 Å². The van der Waals surface area contributed by atoms with E-state index in [1.54, 1.807) is 18.2 Å². The molecule has 0 heterocycles. The van der Waals surface area contributed by atoms with Gasteiger partial charge in [0.25, 0.3) is 10.1 Å². The number of hydrogen-bond donors (Lipinski definition) is 2. The average molecular weight is 343 g/mol. The SMILES string of the molecule is COc1c(S(=O)(=O)O)cc(C(=O)c2ccccc2)c(O)c1Cl. The molecule has 2 rings (SSSR count). The van der Waals surface area contributed by atoms with Crippen LogP contribution in [0, 0.1) is 0 Å². The van der Waals surface area contributed by atoms with Gasteiger partial charge in [-0.3, -0.25) is 9.35 Å². The Kier molecular flexibility index (Phi) is 4.41. The van der Waals surface area contributed by atoms with Gasteiger partial charge in [0.2, 0.25) is 0 Å². The molecule has 0 unspecified atom stereocenters. The molecule has 2 aromatic carbocycles. The summed E-state index contributed by atoms with van der Waals surface area (Å²) in [4.78, 5) is 11.7. The van der Waals surface area contributed by atoms with E-state index in [-0.39, 0.29) is 11.1 Å². The fraction of sp³-hybridized carbons (Fsp3) is 0.0714. The standard InChI is InChI=1S/C14H11ClO6S/c1-21-14-10(22(18,19)20)7-9(13(17)11(14)15)12(16)8-5-3-2-4-6-8/h2-7,17H,1H3,(H,18,19,20). The topological polar surface area (TPSA) is 101 Å². The molecular formula is C14H11ClO6S. The van der Waals surface area contributed by atoms with Gasteiger partial charge in [-0.25, -0.2) is 0 Å². The molecule has 0 atom stereocenters. The van der Waals surface area contributed by atoms with Crippen molar-refractivity contribution in [2.75, 3.05) is 7.11 Å². The van der Waals surface area contributed by atoms with Crippen molar-refractivity contribution in [2.24, 2.45) is 0 Å². The van der Waals surface area contributed by atoms with Crippen LogP contribution < -0.4 is 4.74 Å². The molecule has 0 aliphatic carbocycles. The highest BCUT2D eigenvalue weighted by Gasteiger charge is 2.27. The summed E-state index contributed by atoms with van der Waals surface area (Å²) >= 11 is 5.84. The van der Waals surface area contributed by atoms with E-state index in [0.29, 0.717) is 0 Å². The zero-order valence-electron chi connectivity index (χ0n) is 11.3. The number of hydrogen-bond acceptors (Lipinski definition) is 5. The van der Waals surface area contributed by atoms with Crippen LogP contribution in [0.1, 0.15) is 15.9 Å². The molecule has 0 amide bonds. The van der Waals surface area contributed by atoms with Gasteiger partial charge >= 0.3 is 0 Å². The molecule has 22 heavy (non-hydrogen) atoms. The molecule has 0 spiro atoms. The van der Waals surface area contributed by atoms with Gasteiger partial charge < -0.3 is 9.84 Å². The first-order valence-corrected chi connectivity index (χ1v) is 7.76. The summed E-state index contributed by atoms with van der Waals surface area (Å²) in [6.07, 6.45) is 0. The van der Waals surface area contributed by atoms with Gasteiger partial charge in [0, 0.05) is 5.56 Å². The average Bonchev–Trinajstić information content (AvgIpc) is 2.48. The van der Waals surface area contributed by atoms with Gasteiger partial charge in [-0.1, -0.05) is 41.9 Å². The first kappa shape index (κ1) is 16.3. The molecule has 0 aromatic heterocycles. The molecule has 0 saturated heterocycles. The summed E-state index contributed by atoms with van der Waals surface area (Å²) in [6, 6.07) is 8.73. The predicted molar refractivity (Wildman–Crippen MR) is 79.4 cm³/mol. The van der Waals surface area contributed by atoms with Gasteiger partial charge in [0.05, 0.1) is 12.7 Å². The van der Waals surface area contributed by atoms with Crippen molar-refractivity contribution in [1.29, 1.82) is 0 Å². The summed E-state index contributed by atoms with van der Waals surface area (Å²) in [5.41, 5.74) is -0.134. The molecule has 0 aliphatic heterocycles. The van der Waals surface area contributed by atoms with Crippen LogP contribution in [0.5, 0.6) is 11.5 Å². The molecule has 2 aromatic rings. The molecule has 0 fully saturated rings. The van der Waals surface area contributed by atoms with Crippen LogP contribution in [0.25, 0.3) is 0 Å². The number of benzene rings is 2. The Hall–Kier alpha value is -2.09. The molecule has 2 N–H and O–H groups in total. The lowest BCUT2D eigenvalue weighted by Crippen LogP contribution is -2.08. The maximum absolute atomic E-state index is 12.4. The Morgan fingerprint density at radius 1 is 1.23 bits per heavy atom. The minimum absolute atomic E-state index is 0.223. The zero-order chi connectivity index (χ0) is 16.5. The minimum Gasteiger partial charge on any atom is -0.505 e. The van der Waals surface area contributed by atoms with E-state index >= 15 is 0 Å². The number of phenols is 1. The van der Waals surface area contributed by atoms with Crippen molar-refractivity contribution in [1.82, 2.24) is 0 Å². The monoisotopic (exact) mass is 342 g/mol. The lowest BCUT2D eigenvalue weighted by Gasteiger charge is -2.13. The van der Waals surface area contributed by atoms with Crippen molar-refractivity contribution in [3.63, 3.8) is 0 Å². The van der Waals surface area contributed by atoms with E-state index in [9.17, 15) is 22.9 Å². The van der Waals surface area contributed by atoms with Crippen molar-refractivity contribution >= 4 is 27.5 Å².